The van der Waals surface area contributed by atoms with Crippen molar-refractivity contribution in [3.63, 3.8) is 0 Å². The van der Waals surface area contributed by atoms with Crippen LogP contribution in [-0.4, -0.2) is 0 Å². The zero-order chi connectivity index (χ0) is 13.8. The quantitative estimate of drug-likeness (QED) is 0.450. The van der Waals surface area contributed by atoms with Crippen molar-refractivity contribution in [3.05, 3.63) is 67.2 Å². The Labute approximate surface area is 136 Å². The summed E-state index contributed by atoms with van der Waals surface area (Å²) in [6.45, 7) is 0. The van der Waals surface area contributed by atoms with E-state index in [0.717, 1.165) is 11.1 Å². The van der Waals surface area contributed by atoms with Crippen LogP contribution in [0.25, 0.3) is 0 Å². The minimum Gasteiger partial charge on any atom is -0.271 e. The molecule has 0 aliphatic heterocycles. The molecule has 19 heavy (non-hydrogen) atoms. The van der Waals surface area contributed by atoms with E-state index in [1.807, 2.05) is 24.3 Å². The zero-order valence-electron chi connectivity index (χ0n) is 10.0. The van der Waals surface area contributed by atoms with Gasteiger partial charge in [0, 0.05) is 13.6 Å². The number of benzene rings is 2. The van der Waals surface area contributed by atoms with Gasteiger partial charge in [-0.1, -0.05) is 41.4 Å². The fourth-order valence-electron chi connectivity index (χ4n) is 1.94. The largest absolute Gasteiger partial charge is 0.271 e. The molecule has 0 aliphatic carbocycles. The minimum atomic E-state index is 0.00377. The first kappa shape index (κ1) is 15.1. The van der Waals surface area contributed by atoms with Gasteiger partial charge in [-0.25, -0.2) is 0 Å². The molecule has 0 heterocycles. The van der Waals surface area contributed by atoms with E-state index in [2.05, 4.69) is 40.1 Å². The molecule has 1 unspecified atom stereocenters. The number of rotatable bonds is 4. The Bertz CT molecular complexity index is 575. The van der Waals surface area contributed by atoms with Gasteiger partial charge in [-0.3, -0.25) is 11.3 Å². The summed E-state index contributed by atoms with van der Waals surface area (Å²) in [5, 5.41) is 1.38. The van der Waals surface area contributed by atoms with Gasteiger partial charge in [0.1, 0.15) is 0 Å². The molecule has 5 heteroatoms. The third-order valence-electron chi connectivity index (χ3n) is 2.91. The van der Waals surface area contributed by atoms with Crippen LogP contribution in [0, 0.1) is 3.57 Å². The fourth-order valence-corrected chi connectivity index (χ4v) is 3.09. The molecule has 2 rings (SSSR count). The average molecular weight is 407 g/mol. The van der Waals surface area contributed by atoms with Crippen molar-refractivity contribution < 1.29 is 0 Å². The predicted molar refractivity (Wildman–Crippen MR) is 89.4 cm³/mol. The summed E-state index contributed by atoms with van der Waals surface area (Å²) in [5.41, 5.74) is 4.99. The summed E-state index contributed by atoms with van der Waals surface area (Å²) in [7, 11) is 0. The number of hydrogen-bond donors (Lipinski definition) is 2. The van der Waals surface area contributed by atoms with E-state index in [0.29, 0.717) is 16.5 Å². The summed E-state index contributed by atoms with van der Waals surface area (Å²) < 4.78 is 1.17. The first-order valence-corrected chi connectivity index (χ1v) is 7.59. The second-order valence-corrected chi connectivity index (χ2v) is 6.19. The van der Waals surface area contributed by atoms with Gasteiger partial charge in [0.25, 0.3) is 0 Å². The van der Waals surface area contributed by atoms with Crippen molar-refractivity contribution >= 4 is 45.8 Å². The average Bonchev–Trinajstić information content (AvgIpc) is 2.41. The van der Waals surface area contributed by atoms with Crippen LogP contribution in [0.4, 0.5) is 0 Å². The Morgan fingerprint density at radius 1 is 1.16 bits per heavy atom. The zero-order valence-corrected chi connectivity index (χ0v) is 13.7. The van der Waals surface area contributed by atoms with Crippen LogP contribution in [-0.2, 0) is 6.42 Å². The number of halogens is 3. The lowest BCUT2D eigenvalue weighted by Gasteiger charge is -2.18. The molecule has 0 amide bonds. The molecule has 2 aromatic carbocycles. The molecule has 2 aromatic rings. The first-order valence-electron chi connectivity index (χ1n) is 5.76. The monoisotopic (exact) mass is 406 g/mol. The topological polar surface area (TPSA) is 38.0 Å². The maximum Gasteiger partial charge on any atom is 0.0511 e. The van der Waals surface area contributed by atoms with Gasteiger partial charge in [-0.05, 0) is 64.4 Å². The third kappa shape index (κ3) is 3.83. The molecular formula is C14H13Cl2IN2. The van der Waals surface area contributed by atoms with Gasteiger partial charge in [0.15, 0.2) is 0 Å². The van der Waals surface area contributed by atoms with Crippen molar-refractivity contribution in [1.29, 1.82) is 0 Å². The Balaban J connectivity index is 2.29. The molecule has 0 spiro atoms. The van der Waals surface area contributed by atoms with E-state index in [1.165, 1.54) is 3.57 Å². The van der Waals surface area contributed by atoms with Crippen LogP contribution in [0.1, 0.15) is 17.2 Å². The minimum absolute atomic E-state index is 0.00377. The first-order chi connectivity index (χ1) is 9.11. The Hall–Kier alpha value is -0.330. The summed E-state index contributed by atoms with van der Waals surface area (Å²) >= 11 is 14.5. The van der Waals surface area contributed by atoms with Crippen LogP contribution in [0.15, 0.2) is 42.5 Å². The Morgan fingerprint density at radius 3 is 2.58 bits per heavy atom. The summed E-state index contributed by atoms with van der Waals surface area (Å²) in [5.74, 6) is 5.68. The van der Waals surface area contributed by atoms with Crippen molar-refractivity contribution in [2.45, 2.75) is 12.5 Å². The van der Waals surface area contributed by atoms with Crippen LogP contribution < -0.4 is 11.3 Å². The molecule has 1 atom stereocenters. The molecule has 100 valence electrons. The Morgan fingerprint density at radius 2 is 1.89 bits per heavy atom. The van der Waals surface area contributed by atoms with Gasteiger partial charge in [0.2, 0.25) is 0 Å². The smallest absolute Gasteiger partial charge is 0.0511 e. The van der Waals surface area contributed by atoms with Crippen molar-refractivity contribution in [2.24, 2.45) is 5.84 Å². The molecule has 0 aromatic heterocycles. The van der Waals surface area contributed by atoms with Crippen LogP contribution >= 0.6 is 45.8 Å². The third-order valence-corrected chi connectivity index (χ3v) is 4.50. The van der Waals surface area contributed by atoms with E-state index >= 15 is 0 Å². The van der Waals surface area contributed by atoms with Crippen LogP contribution in [0.3, 0.4) is 0 Å². The number of nitrogens with one attached hydrogen (secondary N) is 1. The molecule has 0 saturated carbocycles. The number of hydrazine groups is 1. The molecule has 3 N–H and O–H groups in total. The van der Waals surface area contributed by atoms with Crippen molar-refractivity contribution in [2.75, 3.05) is 0 Å². The summed E-state index contributed by atoms with van der Waals surface area (Å²) in [6, 6.07) is 13.6. The standard InChI is InChI=1S/C14H13Cl2IN2/c15-10-5-6-12(16)9(7-10)8-14(19-18)11-3-1-2-4-13(11)17/h1-7,14,19H,8,18H2. The lowest BCUT2D eigenvalue weighted by atomic mass is 9.99. The lowest BCUT2D eigenvalue weighted by molar-refractivity contribution is 0.550. The van der Waals surface area contributed by atoms with E-state index < -0.39 is 0 Å². The SMILES string of the molecule is NNC(Cc1cc(Cl)ccc1Cl)c1ccccc1I. The highest BCUT2D eigenvalue weighted by molar-refractivity contribution is 14.1. The molecule has 0 fully saturated rings. The Kier molecular flexibility index (Phi) is 5.47. The second kappa shape index (κ2) is 6.90. The molecular weight excluding hydrogens is 394 g/mol. The van der Waals surface area contributed by atoms with E-state index in [1.54, 1.807) is 6.07 Å². The van der Waals surface area contributed by atoms with Gasteiger partial charge >= 0.3 is 0 Å². The molecule has 0 aliphatic rings. The highest BCUT2D eigenvalue weighted by atomic mass is 127. The van der Waals surface area contributed by atoms with E-state index in [4.69, 9.17) is 29.0 Å². The van der Waals surface area contributed by atoms with Gasteiger partial charge in [-0.2, -0.15) is 0 Å². The van der Waals surface area contributed by atoms with Gasteiger partial charge in [-0.15, -0.1) is 0 Å². The fraction of sp³-hybridized carbons (Fsp3) is 0.143. The van der Waals surface area contributed by atoms with Crippen molar-refractivity contribution in [3.8, 4) is 0 Å². The second-order valence-electron chi connectivity index (χ2n) is 4.18. The lowest BCUT2D eigenvalue weighted by Crippen LogP contribution is -2.30. The van der Waals surface area contributed by atoms with Gasteiger partial charge < -0.3 is 0 Å². The molecule has 2 nitrogen and oxygen atoms in total. The maximum absolute atomic E-state index is 6.20. The van der Waals surface area contributed by atoms with Gasteiger partial charge in [0.05, 0.1) is 6.04 Å². The molecule has 0 saturated heterocycles. The molecule has 0 radical (unpaired) electrons. The highest BCUT2D eigenvalue weighted by Crippen LogP contribution is 2.27. The summed E-state index contributed by atoms with van der Waals surface area (Å²) in [4.78, 5) is 0. The normalized spacial score (nSPS) is 12.4. The predicted octanol–water partition coefficient (Wildman–Crippen LogP) is 4.35. The van der Waals surface area contributed by atoms with Crippen molar-refractivity contribution in [1.82, 2.24) is 5.43 Å². The van der Waals surface area contributed by atoms with Crippen LogP contribution in [0.5, 0.6) is 0 Å². The maximum atomic E-state index is 6.20. The number of hydrogen-bond acceptors (Lipinski definition) is 2. The van der Waals surface area contributed by atoms with E-state index in [-0.39, 0.29) is 6.04 Å². The summed E-state index contributed by atoms with van der Waals surface area (Å²) in [6.07, 6.45) is 0.690. The van der Waals surface area contributed by atoms with E-state index in [9.17, 15) is 0 Å². The molecule has 0 bridgehead atoms. The number of nitrogens with two attached hydrogens (primary N) is 1. The van der Waals surface area contributed by atoms with Crippen LogP contribution in [0.2, 0.25) is 10.0 Å². The highest BCUT2D eigenvalue weighted by Gasteiger charge is 2.15.